The first-order chi connectivity index (χ1) is 10.7. The second-order valence-electron chi connectivity index (χ2n) is 6.69. The maximum absolute atomic E-state index is 13.6. The van der Waals surface area contributed by atoms with E-state index < -0.39 is 28.9 Å². The van der Waals surface area contributed by atoms with Gasteiger partial charge in [0.05, 0.1) is 6.07 Å². The van der Waals surface area contributed by atoms with Gasteiger partial charge in [0, 0.05) is 6.54 Å². The molecule has 1 aliphatic heterocycles. The van der Waals surface area contributed by atoms with Crippen LogP contribution in [0.4, 0.5) is 13.6 Å². The van der Waals surface area contributed by atoms with Gasteiger partial charge in [-0.15, -0.1) is 0 Å². The van der Waals surface area contributed by atoms with Crippen molar-refractivity contribution in [2.24, 2.45) is 0 Å². The standard InChI is InChI=1S/C17H20F2N2O2/c1-16(2,3)23-15(22)21-9-5-4-8-17(21,11-20)12-6-7-13(18)14(19)10-12/h6-7,10H,4-5,8-9H2,1-3H3. The van der Waals surface area contributed by atoms with Crippen molar-refractivity contribution in [3.05, 3.63) is 35.4 Å². The van der Waals surface area contributed by atoms with E-state index >= 15 is 0 Å². The molecule has 1 aliphatic rings. The highest BCUT2D eigenvalue weighted by Gasteiger charge is 2.45. The molecular formula is C17H20F2N2O2. The number of hydrogen-bond acceptors (Lipinski definition) is 3. The van der Waals surface area contributed by atoms with Gasteiger partial charge in [0.1, 0.15) is 5.60 Å². The third-order valence-corrected chi connectivity index (χ3v) is 3.83. The smallest absolute Gasteiger partial charge is 0.411 e. The molecule has 1 aromatic carbocycles. The molecule has 1 aromatic rings. The van der Waals surface area contributed by atoms with Gasteiger partial charge in [-0.1, -0.05) is 6.07 Å². The van der Waals surface area contributed by atoms with E-state index in [1.165, 1.54) is 11.0 Å². The van der Waals surface area contributed by atoms with E-state index in [-0.39, 0.29) is 5.56 Å². The lowest BCUT2D eigenvalue weighted by atomic mass is 9.81. The summed E-state index contributed by atoms with van der Waals surface area (Å²) in [7, 11) is 0. The molecular weight excluding hydrogens is 302 g/mol. The first-order valence-electron chi connectivity index (χ1n) is 7.57. The van der Waals surface area contributed by atoms with Gasteiger partial charge in [-0.05, 0) is 57.7 Å². The van der Waals surface area contributed by atoms with Crippen LogP contribution in [-0.4, -0.2) is 23.1 Å². The van der Waals surface area contributed by atoms with Crippen molar-refractivity contribution in [2.45, 2.75) is 51.2 Å². The zero-order valence-electron chi connectivity index (χ0n) is 13.5. The largest absolute Gasteiger partial charge is 0.444 e. The van der Waals surface area contributed by atoms with E-state index in [1.54, 1.807) is 20.8 Å². The minimum Gasteiger partial charge on any atom is -0.444 e. The predicted molar refractivity (Wildman–Crippen MR) is 80.4 cm³/mol. The summed E-state index contributed by atoms with van der Waals surface area (Å²) in [6.45, 7) is 5.54. The van der Waals surface area contributed by atoms with Crippen LogP contribution in [0.15, 0.2) is 18.2 Å². The van der Waals surface area contributed by atoms with Crippen LogP contribution in [0, 0.1) is 23.0 Å². The molecule has 0 bridgehead atoms. The molecule has 2 rings (SSSR count). The molecule has 1 heterocycles. The molecule has 1 amide bonds. The lowest BCUT2D eigenvalue weighted by Gasteiger charge is -2.42. The van der Waals surface area contributed by atoms with Gasteiger partial charge in [0.2, 0.25) is 0 Å². The summed E-state index contributed by atoms with van der Waals surface area (Å²) < 4.78 is 32.2. The Balaban J connectivity index is 2.45. The number of nitrogens with zero attached hydrogens (tertiary/aromatic N) is 2. The zero-order chi connectivity index (χ0) is 17.3. The Labute approximate surface area is 134 Å². The van der Waals surface area contributed by atoms with Gasteiger partial charge < -0.3 is 4.74 Å². The summed E-state index contributed by atoms with van der Waals surface area (Å²) in [6.07, 6.45) is 1.18. The molecule has 4 nitrogen and oxygen atoms in total. The van der Waals surface area contributed by atoms with E-state index in [2.05, 4.69) is 6.07 Å². The van der Waals surface area contributed by atoms with E-state index in [9.17, 15) is 18.8 Å². The number of ether oxygens (including phenoxy) is 1. The third-order valence-electron chi connectivity index (χ3n) is 3.83. The van der Waals surface area contributed by atoms with Crippen molar-refractivity contribution in [3.8, 4) is 6.07 Å². The van der Waals surface area contributed by atoms with Gasteiger partial charge >= 0.3 is 6.09 Å². The molecule has 0 N–H and O–H groups in total. The van der Waals surface area contributed by atoms with Crippen LogP contribution in [-0.2, 0) is 10.3 Å². The van der Waals surface area contributed by atoms with Crippen molar-refractivity contribution in [2.75, 3.05) is 6.54 Å². The molecule has 6 heteroatoms. The molecule has 1 saturated heterocycles. The molecule has 23 heavy (non-hydrogen) atoms. The number of amides is 1. The van der Waals surface area contributed by atoms with Crippen LogP contribution in [0.25, 0.3) is 0 Å². The maximum Gasteiger partial charge on any atom is 0.411 e. The van der Waals surface area contributed by atoms with Gasteiger partial charge in [-0.3, -0.25) is 4.90 Å². The molecule has 1 fully saturated rings. The molecule has 1 unspecified atom stereocenters. The van der Waals surface area contributed by atoms with E-state index in [0.29, 0.717) is 19.4 Å². The fourth-order valence-electron chi connectivity index (χ4n) is 2.78. The summed E-state index contributed by atoms with van der Waals surface area (Å²) in [5, 5.41) is 9.76. The topological polar surface area (TPSA) is 53.3 Å². The van der Waals surface area contributed by atoms with Crippen molar-refractivity contribution in [3.63, 3.8) is 0 Å². The van der Waals surface area contributed by atoms with E-state index in [0.717, 1.165) is 18.6 Å². The second-order valence-corrected chi connectivity index (χ2v) is 6.69. The average molecular weight is 322 g/mol. The fourth-order valence-corrected chi connectivity index (χ4v) is 2.78. The van der Waals surface area contributed by atoms with E-state index in [1.807, 2.05) is 0 Å². The van der Waals surface area contributed by atoms with E-state index in [4.69, 9.17) is 4.74 Å². The Morgan fingerprint density at radius 2 is 2.00 bits per heavy atom. The quantitative estimate of drug-likeness (QED) is 0.782. The Morgan fingerprint density at radius 3 is 2.57 bits per heavy atom. The van der Waals surface area contributed by atoms with Gasteiger partial charge in [0.25, 0.3) is 0 Å². The molecule has 0 aromatic heterocycles. The maximum atomic E-state index is 13.6. The molecule has 0 saturated carbocycles. The van der Waals surface area contributed by atoms with Crippen LogP contribution < -0.4 is 0 Å². The minimum absolute atomic E-state index is 0.268. The zero-order valence-corrected chi connectivity index (χ0v) is 13.5. The Morgan fingerprint density at radius 1 is 1.30 bits per heavy atom. The average Bonchev–Trinajstić information content (AvgIpc) is 2.48. The molecule has 0 aliphatic carbocycles. The van der Waals surface area contributed by atoms with Crippen molar-refractivity contribution in [1.82, 2.24) is 4.90 Å². The first-order valence-corrected chi connectivity index (χ1v) is 7.57. The Kier molecular flexibility index (Phi) is 4.60. The second kappa shape index (κ2) is 6.15. The number of rotatable bonds is 1. The molecule has 0 radical (unpaired) electrons. The van der Waals surface area contributed by atoms with Crippen molar-refractivity contribution >= 4 is 6.09 Å². The van der Waals surface area contributed by atoms with Gasteiger partial charge in [0.15, 0.2) is 17.2 Å². The van der Waals surface area contributed by atoms with Crippen LogP contribution in [0.1, 0.15) is 45.6 Å². The van der Waals surface area contributed by atoms with Crippen LogP contribution in [0.3, 0.4) is 0 Å². The SMILES string of the molecule is CC(C)(C)OC(=O)N1CCCCC1(C#N)c1ccc(F)c(F)c1. The Hall–Kier alpha value is -2.16. The van der Waals surface area contributed by atoms with Crippen LogP contribution in [0.2, 0.25) is 0 Å². The highest BCUT2D eigenvalue weighted by Crippen LogP contribution is 2.38. The summed E-state index contributed by atoms with van der Waals surface area (Å²) >= 11 is 0. The number of piperidine rings is 1. The molecule has 1 atom stereocenters. The third kappa shape index (κ3) is 3.44. The molecule has 124 valence electrons. The monoisotopic (exact) mass is 322 g/mol. The summed E-state index contributed by atoms with van der Waals surface area (Å²) in [4.78, 5) is 13.8. The molecule has 0 spiro atoms. The minimum atomic E-state index is -1.34. The summed E-state index contributed by atoms with van der Waals surface area (Å²) in [5.74, 6) is -2.02. The number of carbonyl (C=O) groups is 1. The number of nitriles is 1. The first kappa shape index (κ1) is 17.2. The lowest BCUT2D eigenvalue weighted by molar-refractivity contribution is -0.00358. The van der Waals surface area contributed by atoms with Gasteiger partial charge in [-0.25, -0.2) is 13.6 Å². The fraction of sp³-hybridized carbons (Fsp3) is 0.529. The number of benzene rings is 1. The van der Waals surface area contributed by atoms with Crippen LogP contribution >= 0.6 is 0 Å². The van der Waals surface area contributed by atoms with Crippen LogP contribution in [0.5, 0.6) is 0 Å². The number of halogens is 2. The highest BCUT2D eigenvalue weighted by molar-refractivity contribution is 5.70. The number of likely N-dealkylation sites (tertiary alicyclic amines) is 1. The highest BCUT2D eigenvalue weighted by atomic mass is 19.2. The number of carbonyl (C=O) groups excluding carboxylic acids is 1. The lowest BCUT2D eigenvalue weighted by Crippen LogP contribution is -2.53. The summed E-state index contributed by atoms with van der Waals surface area (Å²) in [5.41, 5.74) is -1.77. The summed E-state index contributed by atoms with van der Waals surface area (Å²) in [6, 6.07) is 5.45. The van der Waals surface area contributed by atoms with Gasteiger partial charge in [-0.2, -0.15) is 5.26 Å². The predicted octanol–water partition coefficient (Wildman–Crippen LogP) is 4.10. The van der Waals surface area contributed by atoms with Crippen molar-refractivity contribution in [1.29, 1.82) is 5.26 Å². The number of hydrogen-bond donors (Lipinski definition) is 0. The van der Waals surface area contributed by atoms with Crippen molar-refractivity contribution < 1.29 is 18.3 Å². The normalized spacial score (nSPS) is 21.7. The Bertz CT molecular complexity index is 649.